The number of aromatic nitrogens is 3. The third-order valence-corrected chi connectivity index (χ3v) is 3.92. The van der Waals surface area contributed by atoms with Crippen LogP contribution in [0.1, 0.15) is 6.92 Å². The highest BCUT2D eigenvalue weighted by molar-refractivity contribution is 9.10. The van der Waals surface area contributed by atoms with Gasteiger partial charge in [-0.15, -0.1) is 10.2 Å². The van der Waals surface area contributed by atoms with E-state index in [2.05, 4.69) is 26.1 Å². The molecule has 5 nitrogen and oxygen atoms in total. The Morgan fingerprint density at radius 1 is 1.37 bits per heavy atom. The lowest BCUT2D eigenvalue weighted by molar-refractivity contribution is -0.301. The molecule has 2 rings (SSSR count). The van der Waals surface area contributed by atoms with Crippen LogP contribution in [-0.4, -0.2) is 26.5 Å². The summed E-state index contributed by atoms with van der Waals surface area (Å²) in [7, 11) is 0. The lowest BCUT2D eigenvalue weighted by Crippen LogP contribution is -2.24. The molecule has 0 aliphatic heterocycles. The third-order valence-electron chi connectivity index (χ3n) is 2.45. The first kappa shape index (κ1) is 14.1. The number of carboxylic acid groups (broad SMARTS) is 1. The Morgan fingerprint density at radius 2 is 2.05 bits per heavy atom. The van der Waals surface area contributed by atoms with Crippen molar-refractivity contribution in [2.24, 2.45) is 0 Å². The van der Waals surface area contributed by atoms with E-state index in [-0.39, 0.29) is 5.75 Å². The number of hydrogen-bond acceptors (Lipinski definition) is 5. The number of halogens is 1. The van der Waals surface area contributed by atoms with E-state index in [4.69, 9.17) is 0 Å². The molecule has 0 aliphatic carbocycles. The summed E-state index contributed by atoms with van der Waals surface area (Å²) in [6.45, 7) is 2.64. The van der Waals surface area contributed by atoms with Crippen LogP contribution in [0.15, 0.2) is 33.9 Å². The number of carbonyl (C=O) groups excluding carboxylic acids is 1. The molecule has 0 aliphatic rings. The van der Waals surface area contributed by atoms with Gasteiger partial charge in [0.05, 0.1) is 5.97 Å². The fraction of sp³-hybridized carbons (Fsp3) is 0.250. The molecular formula is C12H11BrN3O2S-. The lowest BCUT2D eigenvalue weighted by Gasteiger charge is -2.07. The van der Waals surface area contributed by atoms with Crippen molar-refractivity contribution in [3.05, 3.63) is 28.7 Å². The minimum absolute atomic E-state index is 0.127. The first-order chi connectivity index (χ1) is 9.11. The minimum atomic E-state index is -1.11. The highest BCUT2D eigenvalue weighted by atomic mass is 79.9. The zero-order valence-electron chi connectivity index (χ0n) is 10.2. The second kappa shape index (κ2) is 6.21. The Balaban J connectivity index is 2.31. The Labute approximate surface area is 123 Å². The molecule has 0 spiro atoms. The molecule has 0 saturated heterocycles. The van der Waals surface area contributed by atoms with Gasteiger partial charge >= 0.3 is 0 Å². The van der Waals surface area contributed by atoms with Crippen LogP contribution in [0.2, 0.25) is 0 Å². The van der Waals surface area contributed by atoms with Crippen LogP contribution in [0.25, 0.3) is 11.4 Å². The fourth-order valence-corrected chi connectivity index (χ4v) is 2.60. The monoisotopic (exact) mass is 340 g/mol. The van der Waals surface area contributed by atoms with Gasteiger partial charge in [0.2, 0.25) is 0 Å². The van der Waals surface area contributed by atoms with Gasteiger partial charge in [0.1, 0.15) is 0 Å². The van der Waals surface area contributed by atoms with E-state index in [1.54, 1.807) is 0 Å². The van der Waals surface area contributed by atoms with Gasteiger partial charge in [-0.3, -0.25) is 0 Å². The summed E-state index contributed by atoms with van der Waals surface area (Å²) in [4.78, 5) is 10.5. The van der Waals surface area contributed by atoms with Gasteiger partial charge in [-0.1, -0.05) is 39.8 Å². The number of thioether (sulfide) groups is 1. The molecule has 0 N–H and O–H groups in total. The van der Waals surface area contributed by atoms with Gasteiger partial charge < -0.3 is 14.5 Å². The van der Waals surface area contributed by atoms with Crippen LogP contribution in [-0.2, 0) is 11.3 Å². The van der Waals surface area contributed by atoms with Gasteiger partial charge in [-0.05, 0) is 19.1 Å². The van der Waals surface area contributed by atoms with Crippen molar-refractivity contribution in [3.63, 3.8) is 0 Å². The van der Waals surface area contributed by atoms with Crippen molar-refractivity contribution in [2.45, 2.75) is 18.6 Å². The van der Waals surface area contributed by atoms with E-state index in [1.807, 2.05) is 35.8 Å². The summed E-state index contributed by atoms with van der Waals surface area (Å²) in [5.74, 6) is -0.505. The summed E-state index contributed by atoms with van der Waals surface area (Å²) in [6.07, 6.45) is 0. The molecule has 0 saturated carbocycles. The molecule has 100 valence electrons. The molecule has 0 atom stereocenters. The van der Waals surface area contributed by atoms with E-state index in [0.29, 0.717) is 11.7 Å². The Hall–Kier alpha value is -1.34. The van der Waals surface area contributed by atoms with Gasteiger partial charge in [0.25, 0.3) is 0 Å². The second-order valence-electron chi connectivity index (χ2n) is 3.72. The van der Waals surface area contributed by atoms with E-state index < -0.39 is 5.97 Å². The predicted molar refractivity (Wildman–Crippen MR) is 74.6 cm³/mol. The Morgan fingerprint density at radius 3 is 2.63 bits per heavy atom. The maximum Gasteiger partial charge on any atom is 0.191 e. The normalized spacial score (nSPS) is 10.6. The topological polar surface area (TPSA) is 70.8 Å². The van der Waals surface area contributed by atoms with Gasteiger partial charge in [-0.25, -0.2) is 0 Å². The van der Waals surface area contributed by atoms with Crippen molar-refractivity contribution in [2.75, 3.05) is 5.75 Å². The minimum Gasteiger partial charge on any atom is -0.549 e. The van der Waals surface area contributed by atoms with Crippen LogP contribution < -0.4 is 5.11 Å². The summed E-state index contributed by atoms with van der Waals surface area (Å²) in [5.41, 5.74) is 0.942. The van der Waals surface area contributed by atoms with Crippen LogP contribution in [0.3, 0.4) is 0 Å². The standard InChI is InChI=1S/C12H12BrN3O2S/c1-2-16-11(8-3-5-9(13)6-4-8)14-15-12(16)19-7-10(17)18/h3-6H,2,7H2,1H3,(H,17,18)/p-1. The number of hydrogen-bond donors (Lipinski definition) is 0. The second-order valence-corrected chi connectivity index (χ2v) is 5.58. The maximum atomic E-state index is 10.5. The third kappa shape index (κ3) is 3.36. The molecule has 0 amide bonds. The smallest absolute Gasteiger partial charge is 0.191 e. The van der Waals surface area contributed by atoms with Gasteiger partial charge in [0, 0.05) is 22.3 Å². The van der Waals surface area contributed by atoms with Crippen LogP contribution in [0.5, 0.6) is 0 Å². The van der Waals surface area contributed by atoms with Crippen molar-refractivity contribution < 1.29 is 9.90 Å². The number of benzene rings is 1. The number of aliphatic carboxylic acids is 1. The molecule has 0 fully saturated rings. The quantitative estimate of drug-likeness (QED) is 0.772. The fourth-order valence-electron chi connectivity index (χ4n) is 1.62. The number of nitrogens with zero attached hydrogens (tertiary/aromatic N) is 3. The van der Waals surface area contributed by atoms with E-state index in [9.17, 15) is 9.90 Å². The molecule has 1 aromatic heterocycles. The maximum absolute atomic E-state index is 10.5. The summed E-state index contributed by atoms with van der Waals surface area (Å²) in [5, 5.41) is 19.2. The number of carboxylic acids is 1. The van der Waals surface area contributed by atoms with E-state index in [1.165, 1.54) is 0 Å². The summed E-state index contributed by atoms with van der Waals surface area (Å²) in [6, 6.07) is 7.73. The molecule has 0 radical (unpaired) electrons. The Kier molecular flexibility index (Phi) is 4.60. The van der Waals surface area contributed by atoms with E-state index >= 15 is 0 Å². The largest absolute Gasteiger partial charge is 0.549 e. The predicted octanol–water partition coefficient (Wildman–Crippen LogP) is 1.57. The van der Waals surface area contributed by atoms with Crippen molar-refractivity contribution in [1.82, 2.24) is 14.8 Å². The lowest BCUT2D eigenvalue weighted by atomic mass is 10.2. The molecule has 19 heavy (non-hydrogen) atoms. The summed E-state index contributed by atoms with van der Waals surface area (Å²) >= 11 is 4.50. The van der Waals surface area contributed by atoms with Crippen LogP contribution in [0, 0.1) is 0 Å². The van der Waals surface area contributed by atoms with Crippen LogP contribution >= 0.6 is 27.7 Å². The van der Waals surface area contributed by atoms with Gasteiger partial charge in [-0.2, -0.15) is 0 Å². The molecule has 0 bridgehead atoms. The zero-order chi connectivity index (χ0) is 13.8. The molecule has 2 aromatic rings. The van der Waals surface area contributed by atoms with Crippen molar-refractivity contribution in [1.29, 1.82) is 0 Å². The first-order valence-corrected chi connectivity index (χ1v) is 7.41. The summed E-state index contributed by atoms with van der Waals surface area (Å²) < 4.78 is 2.88. The first-order valence-electron chi connectivity index (χ1n) is 5.63. The van der Waals surface area contributed by atoms with Crippen molar-refractivity contribution in [3.8, 4) is 11.4 Å². The van der Waals surface area contributed by atoms with Gasteiger partial charge in [0.15, 0.2) is 11.0 Å². The average molecular weight is 341 g/mol. The molecule has 7 heteroatoms. The highest BCUT2D eigenvalue weighted by Crippen LogP contribution is 2.24. The molecule has 0 unspecified atom stereocenters. The number of carbonyl (C=O) groups is 1. The molecule has 1 heterocycles. The SMILES string of the molecule is CCn1c(SCC(=O)[O-])nnc1-c1ccc(Br)cc1. The molecule has 1 aromatic carbocycles. The van der Waals surface area contributed by atoms with Crippen molar-refractivity contribution >= 4 is 33.7 Å². The Bertz CT molecular complexity index is 583. The van der Waals surface area contributed by atoms with Crippen LogP contribution in [0.4, 0.5) is 0 Å². The highest BCUT2D eigenvalue weighted by Gasteiger charge is 2.12. The zero-order valence-corrected chi connectivity index (χ0v) is 12.6. The molecular weight excluding hydrogens is 330 g/mol. The number of rotatable bonds is 5. The van der Waals surface area contributed by atoms with E-state index in [0.717, 1.165) is 27.6 Å². The average Bonchev–Trinajstić information content (AvgIpc) is 2.80.